The quantitative estimate of drug-likeness (QED) is 0.773. The zero-order chi connectivity index (χ0) is 15.3. The number of carbonyl (C=O) groups excluding carboxylic acids is 2. The summed E-state index contributed by atoms with van der Waals surface area (Å²) in [7, 11) is 0. The topological polar surface area (TPSA) is 68.1 Å². The molecule has 2 aliphatic rings. The van der Waals surface area contributed by atoms with E-state index in [0.717, 1.165) is 17.9 Å². The molecule has 2 saturated heterocycles. The molecule has 114 valence electrons. The first-order valence-corrected chi connectivity index (χ1v) is 8.31. The van der Waals surface area contributed by atoms with Crippen LogP contribution in [0.2, 0.25) is 0 Å². The number of aromatic nitrogens is 3. The van der Waals surface area contributed by atoms with Gasteiger partial charge in [0.2, 0.25) is 11.8 Å². The van der Waals surface area contributed by atoms with Gasteiger partial charge in [0.05, 0.1) is 17.5 Å². The van der Waals surface area contributed by atoms with Crippen molar-refractivity contribution >= 4 is 23.6 Å². The summed E-state index contributed by atoms with van der Waals surface area (Å²) in [5, 5.41) is 4.22. The van der Waals surface area contributed by atoms with Crippen LogP contribution in [-0.2, 0) is 21.7 Å². The predicted molar refractivity (Wildman–Crippen MR) is 79.6 cm³/mol. The van der Waals surface area contributed by atoms with Crippen molar-refractivity contribution in [2.45, 2.75) is 45.7 Å². The molecule has 0 unspecified atom stereocenters. The number of thioether (sulfide) groups is 1. The van der Waals surface area contributed by atoms with Crippen LogP contribution in [0, 0.1) is 5.41 Å². The predicted octanol–water partition coefficient (Wildman–Crippen LogP) is 1.42. The van der Waals surface area contributed by atoms with E-state index >= 15 is 0 Å². The molecule has 1 atom stereocenters. The molecule has 2 amide bonds. The summed E-state index contributed by atoms with van der Waals surface area (Å²) in [5.41, 5.74) is -0.674. The molecule has 0 saturated carbocycles. The van der Waals surface area contributed by atoms with Gasteiger partial charge in [-0.25, -0.2) is 9.67 Å². The lowest BCUT2D eigenvalue weighted by molar-refractivity contribution is -0.141. The molecule has 6 nitrogen and oxygen atoms in total. The summed E-state index contributed by atoms with van der Waals surface area (Å²) < 4.78 is 1.78. The number of hydrogen-bond donors (Lipinski definition) is 0. The molecule has 0 N–H and O–H groups in total. The molecule has 21 heavy (non-hydrogen) atoms. The van der Waals surface area contributed by atoms with Crippen LogP contribution in [0.1, 0.15) is 39.4 Å². The number of nitrogens with zero attached hydrogens (tertiary/aromatic N) is 4. The van der Waals surface area contributed by atoms with Crippen molar-refractivity contribution in [3.8, 4) is 0 Å². The molecule has 7 heteroatoms. The highest BCUT2D eigenvalue weighted by molar-refractivity contribution is 7.99. The van der Waals surface area contributed by atoms with Crippen LogP contribution in [0.3, 0.4) is 0 Å². The average Bonchev–Trinajstić information content (AvgIpc) is 3.07. The molecule has 0 aromatic carbocycles. The first-order valence-electron chi connectivity index (χ1n) is 7.15. The Morgan fingerprint density at radius 3 is 2.76 bits per heavy atom. The molecule has 1 aromatic heterocycles. The molecule has 2 fully saturated rings. The van der Waals surface area contributed by atoms with Crippen LogP contribution in [0.5, 0.6) is 0 Å². The lowest BCUT2D eigenvalue weighted by Crippen LogP contribution is -2.37. The third-order valence-electron chi connectivity index (χ3n) is 4.15. The first kappa shape index (κ1) is 14.6. The Bertz CT molecular complexity index is 584. The van der Waals surface area contributed by atoms with Crippen LogP contribution in [0.25, 0.3) is 0 Å². The molecule has 1 spiro atoms. The van der Waals surface area contributed by atoms with E-state index in [1.165, 1.54) is 11.2 Å². The molecule has 1 aromatic rings. The fraction of sp³-hybridized carbons (Fsp3) is 0.714. The first-order chi connectivity index (χ1) is 9.83. The van der Waals surface area contributed by atoms with Gasteiger partial charge in [0, 0.05) is 12.2 Å². The summed E-state index contributed by atoms with van der Waals surface area (Å²) in [6, 6.07) is 0. The number of hydrogen-bond acceptors (Lipinski definition) is 5. The Hall–Kier alpha value is -1.37. The lowest BCUT2D eigenvalue weighted by Gasteiger charge is -2.24. The summed E-state index contributed by atoms with van der Waals surface area (Å²) in [5.74, 6) is 2.28. The van der Waals surface area contributed by atoms with Crippen LogP contribution in [0.15, 0.2) is 6.33 Å². The highest BCUT2D eigenvalue weighted by atomic mass is 32.2. The van der Waals surface area contributed by atoms with Crippen molar-refractivity contribution in [3.63, 3.8) is 0 Å². The molecular formula is C14H20N4O2S. The molecule has 0 radical (unpaired) electrons. The smallest absolute Gasteiger partial charge is 0.237 e. The monoisotopic (exact) mass is 308 g/mol. The van der Waals surface area contributed by atoms with Crippen LogP contribution < -0.4 is 0 Å². The van der Waals surface area contributed by atoms with Gasteiger partial charge in [-0.3, -0.25) is 14.5 Å². The van der Waals surface area contributed by atoms with Gasteiger partial charge >= 0.3 is 0 Å². The van der Waals surface area contributed by atoms with Gasteiger partial charge in [0.15, 0.2) is 0 Å². The van der Waals surface area contributed by atoms with Gasteiger partial charge < -0.3 is 0 Å². The third-order valence-corrected chi connectivity index (χ3v) is 5.40. The second-order valence-corrected chi connectivity index (χ2v) is 7.91. The largest absolute Gasteiger partial charge is 0.274 e. The minimum absolute atomic E-state index is 0.0269. The lowest BCUT2D eigenvalue weighted by atomic mass is 9.86. The minimum atomic E-state index is -0.450. The Labute approximate surface area is 128 Å². The highest BCUT2D eigenvalue weighted by Gasteiger charge is 2.53. The number of rotatable bonds is 2. The van der Waals surface area contributed by atoms with E-state index in [0.29, 0.717) is 12.2 Å². The maximum absolute atomic E-state index is 12.7. The van der Waals surface area contributed by atoms with Gasteiger partial charge in [-0.1, -0.05) is 0 Å². The van der Waals surface area contributed by atoms with Gasteiger partial charge in [-0.15, -0.1) is 0 Å². The van der Waals surface area contributed by atoms with E-state index in [-0.39, 0.29) is 23.9 Å². The van der Waals surface area contributed by atoms with Gasteiger partial charge in [0.25, 0.3) is 0 Å². The number of imide groups is 1. The van der Waals surface area contributed by atoms with E-state index in [1.807, 2.05) is 20.8 Å². The van der Waals surface area contributed by atoms with Crippen molar-refractivity contribution < 1.29 is 9.59 Å². The summed E-state index contributed by atoms with van der Waals surface area (Å²) >= 11 is 1.76. The normalized spacial score (nSPS) is 26.3. The Kier molecular flexibility index (Phi) is 3.35. The number of amides is 2. The summed E-state index contributed by atoms with van der Waals surface area (Å²) in [6.45, 7) is 6.29. The molecule has 0 aliphatic carbocycles. The summed E-state index contributed by atoms with van der Waals surface area (Å²) in [6.07, 6.45) is 2.64. The Balaban J connectivity index is 1.84. The molecule has 2 aliphatic heterocycles. The standard InChI is InChI=1S/C14H20N4O2S/c1-13(2,3)18-10(15-9-16-18)7-17-11(19)6-14(12(17)20)4-5-21-8-14/h9H,4-8H2,1-3H3/t14-/m0/s1. The van der Waals surface area contributed by atoms with Crippen molar-refractivity contribution in [2.75, 3.05) is 11.5 Å². The van der Waals surface area contributed by atoms with E-state index in [1.54, 1.807) is 16.4 Å². The van der Waals surface area contributed by atoms with Crippen molar-refractivity contribution in [1.82, 2.24) is 19.7 Å². The maximum atomic E-state index is 12.7. The van der Waals surface area contributed by atoms with Crippen molar-refractivity contribution in [2.24, 2.45) is 5.41 Å². The fourth-order valence-electron chi connectivity index (χ4n) is 3.01. The van der Waals surface area contributed by atoms with E-state index in [9.17, 15) is 9.59 Å². The second-order valence-electron chi connectivity index (χ2n) is 6.80. The van der Waals surface area contributed by atoms with E-state index in [2.05, 4.69) is 10.1 Å². The SMILES string of the molecule is CC(C)(C)n1ncnc1CN1C(=O)C[C@]2(CCSC2)C1=O. The van der Waals surface area contributed by atoms with Crippen LogP contribution in [-0.4, -0.2) is 43.0 Å². The average molecular weight is 308 g/mol. The fourth-order valence-corrected chi connectivity index (χ4v) is 4.45. The Morgan fingerprint density at radius 1 is 1.38 bits per heavy atom. The zero-order valence-corrected chi connectivity index (χ0v) is 13.4. The van der Waals surface area contributed by atoms with Crippen molar-refractivity contribution in [1.29, 1.82) is 0 Å². The third kappa shape index (κ3) is 2.37. The number of carbonyl (C=O) groups is 2. The van der Waals surface area contributed by atoms with Crippen LogP contribution >= 0.6 is 11.8 Å². The second kappa shape index (κ2) is 4.83. The molecule has 0 bridgehead atoms. The number of likely N-dealkylation sites (tertiary alicyclic amines) is 1. The van der Waals surface area contributed by atoms with Crippen LogP contribution in [0.4, 0.5) is 0 Å². The molecule has 3 heterocycles. The minimum Gasteiger partial charge on any atom is -0.274 e. The van der Waals surface area contributed by atoms with E-state index in [4.69, 9.17) is 0 Å². The zero-order valence-electron chi connectivity index (χ0n) is 12.6. The van der Waals surface area contributed by atoms with Crippen molar-refractivity contribution in [3.05, 3.63) is 12.2 Å². The van der Waals surface area contributed by atoms with Gasteiger partial charge in [-0.2, -0.15) is 16.9 Å². The molecular weight excluding hydrogens is 288 g/mol. The maximum Gasteiger partial charge on any atom is 0.237 e. The highest BCUT2D eigenvalue weighted by Crippen LogP contribution is 2.45. The van der Waals surface area contributed by atoms with E-state index < -0.39 is 5.41 Å². The van der Waals surface area contributed by atoms with Gasteiger partial charge in [0.1, 0.15) is 12.2 Å². The van der Waals surface area contributed by atoms with Gasteiger partial charge in [-0.05, 0) is 32.9 Å². The summed E-state index contributed by atoms with van der Waals surface area (Å²) in [4.78, 5) is 30.5. The Morgan fingerprint density at radius 2 is 2.14 bits per heavy atom. The molecule has 3 rings (SSSR count).